The first-order valence-electron chi connectivity index (χ1n) is 19.5. The minimum absolute atomic E-state index is 0.0533. The molecule has 0 amide bonds. The summed E-state index contributed by atoms with van der Waals surface area (Å²) in [5.74, 6) is -1.41. The zero-order chi connectivity index (χ0) is 41.1. The molecule has 272 valence electrons. The number of fused-ring (bicyclic) bond motifs is 5. The van der Waals surface area contributed by atoms with Gasteiger partial charge in [0, 0.05) is 36.5 Å². The van der Waals surface area contributed by atoms with Gasteiger partial charge in [-0.25, -0.2) is 0 Å². The SMILES string of the molecule is Bc1c(O)c(O)c(O)c(B)c1-c1c2c(O)c(B)c(B)c(B)c2c(-c2ccc(-c3c(-c4ccccc4)ccc4sc5ccccc5c34)cc2)c2c(B)c(B)c(B)c(O)c12. The molecule has 9 aromatic rings. The zero-order valence-corrected chi connectivity index (χ0v) is 34.6. The van der Waals surface area contributed by atoms with Crippen molar-refractivity contribution >= 4 is 160 Å². The second-order valence-corrected chi connectivity index (χ2v) is 16.9. The minimum atomic E-state index is -0.606. The van der Waals surface area contributed by atoms with Gasteiger partial charge in [-0.2, -0.15) is 0 Å². The molecule has 0 atom stereocenters. The summed E-state index contributed by atoms with van der Waals surface area (Å²) in [6.45, 7) is 0. The van der Waals surface area contributed by atoms with Gasteiger partial charge in [0.25, 0.3) is 0 Å². The molecular formula is C44H36B8O5S. The zero-order valence-electron chi connectivity index (χ0n) is 33.8. The molecule has 0 saturated heterocycles. The molecule has 1 aromatic heterocycles. The Balaban J connectivity index is 1.44. The van der Waals surface area contributed by atoms with E-state index in [1.807, 2.05) is 37.5 Å². The van der Waals surface area contributed by atoms with Crippen molar-refractivity contribution in [2.75, 3.05) is 0 Å². The molecule has 5 N–H and O–H groups in total. The quantitative estimate of drug-likeness (QED) is 0.0785. The van der Waals surface area contributed by atoms with Gasteiger partial charge in [-0.3, -0.25) is 0 Å². The molecule has 0 aliphatic carbocycles. The summed E-state index contributed by atoms with van der Waals surface area (Å²) in [5, 5.41) is 62.8. The van der Waals surface area contributed by atoms with Crippen LogP contribution in [-0.4, -0.2) is 88.3 Å². The highest BCUT2D eigenvalue weighted by atomic mass is 32.1. The Morgan fingerprint density at radius 2 is 0.810 bits per heavy atom. The maximum absolute atomic E-state index is 12.3. The fraction of sp³-hybridized carbons (Fsp3) is 0. The van der Waals surface area contributed by atoms with Crippen molar-refractivity contribution in [2.45, 2.75) is 0 Å². The van der Waals surface area contributed by atoms with Crippen LogP contribution >= 0.6 is 11.3 Å². The molecule has 14 heteroatoms. The first-order chi connectivity index (χ1) is 27.7. The van der Waals surface area contributed by atoms with Gasteiger partial charge in [0.05, 0.1) is 0 Å². The largest absolute Gasteiger partial charge is 0.508 e. The number of benzene rings is 8. The van der Waals surface area contributed by atoms with Gasteiger partial charge in [-0.15, -0.1) is 11.3 Å². The van der Waals surface area contributed by atoms with Gasteiger partial charge in [0.1, 0.15) is 74.3 Å². The van der Waals surface area contributed by atoms with Gasteiger partial charge in [-0.05, 0) is 72.8 Å². The predicted molar refractivity (Wildman–Crippen MR) is 270 cm³/mol. The average Bonchev–Trinajstić information content (AvgIpc) is 3.63. The lowest BCUT2D eigenvalue weighted by molar-refractivity contribution is 0.372. The fourth-order valence-corrected chi connectivity index (χ4v) is 10.4. The van der Waals surface area contributed by atoms with Crippen molar-refractivity contribution in [3.8, 4) is 73.3 Å². The number of phenolic OH excluding ortho intramolecular Hbond substituents is 5. The Kier molecular flexibility index (Phi) is 8.79. The number of hydrogen-bond acceptors (Lipinski definition) is 6. The van der Waals surface area contributed by atoms with E-state index >= 15 is 0 Å². The molecule has 1 heterocycles. The van der Waals surface area contributed by atoms with E-state index in [1.165, 1.54) is 20.2 Å². The lowest BCUT2D eigenvalue weighted by Crippen LogP contribution is -2.41. The highest BCUT2D eigenvalue weighted by molar-refractivity contribution is 7.26. The van der Waals surface area contributed by atoms with E-state index in [1.54, 1.807) is 27.0 Å². The third kappa shape index (κ3) is 5.20. The molecule has 0 spiro atoms. The van der Waals surface area contributed by atoms with Crippen LogP contribution in [0, 0.1) is 0 Å². The number of hydrogen-bond donors (Lipinski definition) is 5. The van der Waals surface area contributed by atoms with E-state index in [0.717, 1.165) is 66.0 Å². The summed E-state index contributed by atoms with van der Waals surface area (Å²) in [7, 11) is 15.3. The summed E-state index contributed by atoms with van der Waals surface area (Å²) in [6.07, 6.45) is 0. The van der Waals surface area contributed by atoms with Crippen LogP contribution in [0.3, 0.4) is 0 Å². The van der Waals surface area contributed by atoms with Gasteiger partial charge >= 0.3 is 0 Å². The van der Waals surface area contributed by atoms with E-state index < -0.39 is 17.2 Å². The van der Waals surface area contributed by atoms with Crippen molar-refractivity contribution in [1.29, 1.82) is 0 Å². The van der Waals surface area contributed by atoms with E-state index in [0.29, 0.717) is 43.8 Å². The molecule has 0 bridgehead atoms. The third-order valence-electron chi connectivity index (χ3n) is 12.9. The molecule has 58 heavy (non-hydrogen) atoms. The highest BCUT2D eigenvalue weighted by Crippen LogP contribution is 2.49. The van der Waals surface area contributed by atoms with E-state index in [-0.39, 0.29) is 11.5 Å². The van der Waals surface area contributed by atoms with Crippen LogP contribution in [-0.2, 0) is 0 Å². The number of rotatable bonds is 4. The molecular weight excluding hydrogens is 727 g/mol. The Bertz CT molecular complexity index is 3150. The third-order valence-corrected chi connectivity index (χ3v) is 14.1. The van der Waals surface area contributed by atoms with Crippen LogP contribution < -0.4 is 43.7 Å². The molecule has 0 unspecified atom stereocenters. The Morgan fingerprint density at radius 1 is 0.310 bits per heavy atom. The average molecular weight is 763 g/mol. The van der Waals surface area contributed by atoms with Crippen LogP contribution in [0.2, 0.25) is 0 Å². The van der Waals surface area contributed by atoms with Crippen LogP contribution in [0.1, 0.15) is 0 Å². The maximum atomic E-state index is 12.3. The van der Waals surface area contributed by atoms with Gasteiger partial charge in [-0.1, -0.05) is 112 Å². The Morgan fingerprint density at radius 3 is 1.36 bits per heavy atom. The first kappa shape index (κ1) is 37.6. The lowest BCUT2D eigenvalue weighted by Gasteiger charge is -2.28. The van der Waals surface area contributed by atoms with Crippen molar-refractivity contribution in [1.82, 2.24) is 0 Å². The summed E-state index contributed by atoms with van der Waals surface area (Å²) >= 11 is 1.80. The van der Waals surface area contributed by atoms with Crippen LogP contribution in [0.4, 0.5) is 0 Å². The summed E-state index contributed by atoms with van der Waals surface area (Å²) in [4.78, 5) is 0. The molecule has 8 aromatic carbocycles. The van der Waals surface area contributed by atoms with Crippen molar-refractivity contribution in [2.24, 2.45) is 0 Å². The predicted octanol–water partition coefficient (Wildman–Crippen LogP) is -2.38. The van der Waals surface area contributed by atoms with Crippen molar-refractivity contribution in [3.63, 3.8) is 0 Å². The molecule has 0 fully saturated rings. The maximum Gasteiger partial charge on any atom is 0.199 e. The minimum Gasteiger partial charge on any atom is -0.508 e. The molecule has 0 radical (unpaired) electrons. The smallest absolute Gasteiger partial charge is 0.199 e. The van der Waals surface area contributed by atoms with Crippen LogP contribution in [0.5, 0.6) is 28.7 Å². The summed E-state index contributed by atoms with van der Waals surface area (Å²) < 4.78 is 2.46. The molecule has 0 saturated carbocycles. The Hall–Kier alpha value is -5.98. The molecule has 0 aliphatic heterocycles. The molecule has 9 rings (SSSR count). The number of aromatic hydroxyl groups is 5. The molecule has 5 nitrogen and oxygen atoms in total. The summed E-state index contributed by atoms with van der Waals surface area (Å²) in [5.41, 5.74) is 13.1. The second kappa shape index (κ2) is 13.6. The first-order valence-corrected chi connectivity index (χ1v) is 20.3. The molecule has 0 aliphatic rings. The van der Waals surface area contributed by atoms with Crippen molar-refractivity contribution < 1.29 is 25.5 Å². The van der Waals surface area contributed by atoms with Gasteiger partial charge in [0.15, 0.2) is 17.2 Å². The van der Waals surface area contributed by atoms with E-state index in [4.69, 9.17) is 0 Å². The lowest BCUT2D eigenvalue weighted by atomic mass is 9.63. The Labute approximate surface area is 347 Å². The number of thiophene rings is 1. The standard InChI is InChI=1S/C44H36B8O5S/c45-32-27-24(18-12-10-17(11-13-18)23-19(16-6-2-1-3-7-16)14-15-22-25(23)20-8-4-5-9-21(20)58-22)28-30(41(54)39(52)37(50)33(28)46)26(29(27)40(53)38(51)36(32)49)31-34(47)42(55)44(57)43(56)35(31)48/h1-15,53-57H,45-52H2. The highest BCUT2D eigenvalue weighted by Gasteiger charge is 2.30. The normalized spacial score (nSPS) is 11.7. The van der Waals surface area contributed by atoms with Gasteiger partial charge < -0.3 is 25.5 Å². The van der Waals surface area contributed by atoms with Crippen molar-refractivity contribution in [3.05, 3.63) is 91.0 Å². The van der Waals surface area contributed by atoms with E-state index in [2.05, 4.69) is 101 Å². The van der Waals surface area contributed by atoms with E-state index in [9.17, 15) is 25.5 Å². The summed E-state index contributed by atoms with van der Waals surface area (Å²) in [6, 6.07) is 32.2. The second-order valence-electron chi connectivity index (χ2n) is 15.8. The number of phenols is 5. The monoisotopic (exact) mass is 764 g/mol. The van der Waals surface area contributed by atoms with Gasteiger partial charge in [0.2, 0.25) is 0 Å². The topological polar surface area (TPSA) is 101 Å². The van der Waals surface area contributed by atoms with Crippen LogP contribution in [0.15, 0.2) is 91.0 Å². The van der Waals surface area contributed by atoms with Crippen LogP contribution in [0.25, 0.3) is 86.2 Å². The fourth-order valence-electron chi connectivity index (χ4n) is 9.32.